The third-order valence-electron chi connectivity index (χ3n) is 1.94. The van der Waals surface area contributed by atoms with Crippen molar-refractivity contribution in [3.63, 3.8) is 0 Å². The molecule has 0 saturated heterocycles. The fourth-order valence-corrected chi connectivity index (χ4v) is 1.38. The second-order valence-corrected chi connectivity index (χ2v) is 4.41. The van der Waals surface area contributed by atoms with Gasteiger partial charge in [-0.3, -0.25) is 0 Å². The molecule has 1 aromatic heterocycles. The lowest BCUT2D eigenvalue weighted by molar-refractivity contribution is 0.797. The van der Waals surface area contributed by atoms with Crippen molar-refractivity contribution in [3.05, 3.63) is 42.2 Å². The van der Waals surface area contributed by atoms with Gasteiger partial charge in [0.15, 0.2) is 0 Å². The Balaban J connectivity index is 2.34. The van der Waals surface area contributed by atoms with Crippen LogP contribution in [-0.2, 0) is 0 Å². The Labute approximate surface area is 90.9 Å². The van der Waals surface area contributed by atoms with Crippen LogP contribution in [0.5, 0.6) is 0 Å². The highest BCUT2D eigenvalue weighted by Crippen LogP contribution is 2.19. The van der Waals surface area contributed by atoms with E-state index in [-0.39, 0.29) is 4.83 Å². The molecule has 72 valence electrons. The summed E-state index contributed by atoms with van der Waals surface area (Å²) >= 11 is 3.45. The maximum atomic E-state index is 4.06. The van der Waals surface area contributed by atoms with Crippen molar-refractivity contribution < 1.29 is 0 Å². The van der Waals surface area contributed by atoms with Gasteiger partial charge in [0.05, 0.1) is 22.4 Å². The van der Waals surface area contributed by atoms with E-state index in [0.717, 1.165) is 11.4 Å². The molecule has 0 spiro atoms. The van der Waals surface area contributed by atoms with Gasteiger partial charge in [-0.25, -0.2) is 4.68 Å². The monoisotopic (exact) mass is 251 g/mol. The minimum Gasteiger partial charge on any atom is -0.220 e. The van der Waals surface area contributed by atoms with Crippen LogP contribution in [0, 0.1) is 0 Å². The largest absolute Gasteiger partial charge is 0.220 e. The van der Waals surface area contributed by atoms with Gasteiger partial charge in [-0.15, -0.1) is 5.10 Å². The summed E-state index contributed by atoms with van der Waals surface area (Å²) in [4.78, 5) is 0.236. The van der Waals surface area contributed by atoms with Crippen LogP contribution in [0.3, 0.4) is 0 Å². The summed E-state index contributed by atoms with van der Waals surface area (Å²) in [5.41, 5.74) is 1.97. The Morgan fingerprint density at radius 1 is 1.29 bits per heavy atom. The molecule has 0 aliphatic rings. The first-order valence-corrected chi connectivity index (χ1v) is 5.30. The highest BCUT2D eigenvalue weighted by molar-refractivity contribution is 9.09. The summed E-state index contributed by atoms with van der Waals surface area (Å²) in [6.07, 6.45) is 1.93. The number of aromatic nitrogens is 3. The Hall–Kier alpha value is -1.16. The molecule has 2 rings (SSSR count). The molecule has 1 aromatic carbocycles. The number of benzene rings is 1. The van der Waals surface area contributed by atoms with Crippen LogP contribution in [0.15, 0.2) is 36.5 Å². The summed E-state index contributed by atoms with van der Waals surface area (Å²) < 4.78 is 1.77. The molecule has 0 N–H and O–H groups in total. The highest BCUT2D eigenvalue weighted by atomic mass is 79.9. The van der Waals surface area contributed by atoms with E-state index in [1.54, 1.807) is 4.68 Å². The normalized spacial score (nSPS) is 12.7. The molecule has 0 radical (unpaired) electrons. The summed E-state index contributed by atoms with van der Waals surface area (Å²) in [5, 5.41) is 8.10. The molecule has 0 saturated carbocycles. The van der Waals surface area contributed by atoms with E-state index in [4.69, 9.17) is 0 Å². The molecule has 0 fully saturated rings. The second-order valence-electron chi connectivity index (χ2n) is 3.04. The van der Waals surface area contributed by atoms with Crippen LogP contribution < -0.4 is 0 Å². The lowest BCUT2D eigenvalue weighted by Gasteiger charge is -1.97. The van der Waals surface area contributed by atoms with E-state index in [2.05, 4.69) is 26.2 Å². The summed E-state index contributed by atoms with van der Waals surface area (Å²) in [6, 6.07) is 9.94. The Morgan fingerprint density at radius 3 is 2.57 bits per heavy atom. The number of alkyl halides is 1. The molecule has 3 nitrogen and oxygen atoms in total. The van der Waals surface area contributed by atoms with Crippen molar-refractivity contribution in [2.24, 2.45) is 0 Å². The molecule has 0 aliphatic carbocycles. The van der Waals surface area contributed by atoms with Crippen molar-refractivity contribution in [2.45, 2.75) is 11.8 Å². The minimum absolute atomic E-state index is 0.236. The summed E-state index contributed by atoms with van der Waals surface area (Å²) in [7, 11) is 0. The molecule has 0 bridgehead atoms. The van der Waals surface area contributed by atoms with E-state index in [9.17, 15) is 0 Å². The SMILES string of the molecule is CC(Br)c1cn(-c2ccccc2)nn1. The quantitative estimate of drug-likeness (QED) is 0.769. The van der Waals surface area contributed by atoms with E-state index >= 15 is 0 Å². The third-order valence-corrected chi connectivity index (χ3v) is 2.41. The van der Waals surface area contributed by atoms with E-state index < -0.39 is 0 Å². The number of halogens is 1. The lowest BCUT2D eigenvalue weighted by atomic mass is 10.3. The molecule has 14 heavy (non-hydrogen) atoms. The van der Waals surface area contributed by atoms with Gasteiger partial charge in [-0.2, -0.15) is 0 Å². The lowest BCUT2D eigenvalue weighted by Crippen LogP contribution is -1.93. The minimum atomic E-state index is 0.236. The Kier molecular flexibility index (Phi) is 2.63. The molecule has 2 aromatic rings. The maximum Gasteiger partial charge on any atom is 0.0965 e. The zero-order valence-electron chi connectivity index (χ0n) is 7.76. The zero-order chi connectivity index (χ0) is 9.97. The molecular formula is C10H10BrN3. The van der Waals surface area contributed by atoms with Gasteiger partial charge in [0.1, 0.15) is 0 Å². The van der Waals surface area contributed by atoms with E-state index in [1.165, 1.54) is 0 Å². The average molecular weight is 252 g/mol. The van der Waals surface area contributed by atoms with Crippen LogP contribution in [0.2, 0.25) is 0 Å². The number of rotatable bonds is 2. The topological polar surface area (TPSA) is 30.7 Å². The summed E-state index contributed by atoms with van der Waals surface area (Å²) in [6.45, 7) is 2.03. The van der Waals surface area contributed by atoms with Crippen molar-refractivity contribution in [1.82, 2.24) is 15.0 Å². The first kappa shape index (κ1) is 9.40. The smallest absolute Gasteiger partial charge is 0.0965 e. The van der Waals surface area contributed by atoms with Crippen LogP contribution in [0.4, 0.5) is 0 Å². The average Bonchev–Trinajstić information content (AvgIpc) is 2.68. The first-order chi connectivity index (χ1) is 6.77. The fraction of sp³-hybridized carbons (Fsp3) is 0.200. The standard InChI is InChI=1S/C10H10BrN3/c1-8(11)10-7-14(13-12-10)9-5-3-2-4-6-9/h2-8H,1H3. The fourth-order valence-electron chi connectivity index (χ4n) is 1.17. The van der Waals surface area contributed by atoms with Gasteiger partial charge < -0.3 is 0 Å². The predicted octanol–water partition coefficient (Wildman–Crippen LogP) is 2.72. The zero-order valence-corrected chi connectivity index (χ0v) is 9.35. The van der Waals surface area contributed by atoms with Gasteiger partial charge >= 0.3 is 0 Å². The van der Waals surface area contributed by atoms with Crippen molar-refractivity contribution in [2.75, 3.05) is 0 Å². The number of hydrogen-bond acceptors (Lipinski definition) is 2. The third kappa shape index (κ3) is 1.85. The Morgan fingerprint density at radius 2 is 2.00 bits per heavy atom. The number of para-hydroxylation sites is 1. The number of nitrogens with zero attached hydrogens (tertiary/aromatic N) is 3. The molecule has 1 unspecified atom stereocenters. The Bertz CT molecular complexity index is 408. The van der Waals surface area contributed by atoms with Gasteiger partial charge in [0.2, 0.25) is 0 Å². The number of hydrogen-bond donors (Lipinski definition) is 0. The van der Waals surface area contributed by atoms with Crippen LogP contribution in [-0.4, -0.2) is 15.0 Å². The maximum absolute atomic E-state index is 4.06. The van der Waals surface area contributed by atoms with Crippen molar-refractivity contribution in [1.29, 1.82) is 0 Å². The van der Waals surface area contributed by atoms with Gasteiger partial charge in [-0.1, -0.05) is 39.3 Å². The highest BCUT2D eigenvalue weighted by Gasteiger charge is 2.06. The first-order valence-electron chi connectivity index (χ1n) is 4.39. The van der Waals surface area contributed by atoms with Crippen LogP contribution >= 0.6 is 15.9 Å². The molecular weight excluding hydrogens is 242 g/mol. The molecule has 0 amide bonds. The van der Waals surface area contributed by atoms with Crippen LogP contribution in [0.25, 0.3) is 5.69 Å². The van der Waals surface area contributed by atoms with Crippen molar-refractivity contribution in [3.8, 4) is 5.69 Å². The van der Waals surface area contributed by atoms with Gasteiger partial charge in [0.25, 0.3) is 0 Å². The van der Waals surface area contributed by atoms with Crippen LogP contribution in [0.1, 0.15) is 17.4 Å². The molecule has 4 heteroatoms. The predicted molar refractivity (Wildman–Crippen MR) is 58.7 cm³/mol. The van der Waals surface area contributed by atoms with Gasteiger partial charge in [-0.05, 0) is 19.1 Å². The van der Waals surface area contributed by atoms with Gasteiger partial charge in [0, 0.05) is 0 Å². The summed E-state index contributed by atoms with van der Waals surface area (Å²) in [5.74, 6) is 0. The molecule has 1 heterocycles. The molecule has 0 aliphatic heterocycles. The second kappa shape index (κ2) is 3.92. The molecule has 1 atom stereocenters. The van der Waals surface area contributed by atoms with Crippen molar-refractivity contribution >= 4 is 15.9 Å². The van der Waals surface area contributed by atoms with E-state index in [0.29, 0.717) is 0 Å². The van der Waals surface area contributed by atoms with E-state index in [1.807, 2.05) is 43.5 Å².